The van der Waals surface area contributed by atoms with Crippen molar-refractivity contribution in [2.75, 3.05) is 0 Å². The van der Waals surface area contributed by atoms with Crippen molar-refractivity contribution < 1.29 is 0 Å². The number of nitrogens with zero attached hydrogens (tertiary/aromatic N) is 1. The van der Waals surface area contributed by atoms with Crippen molar-refractivity contribution in [3.05, 3.63) is 52.1 Å². The van der Waals surface area contributed by atoms with Crippen LogP contribution in [0.25, 0.3) is 0 Å². The average Bonchev–Trinajstić information content (AvgIpc) is 2.33. The first-order chi connectivity index (χ1) is 8.20. The van der Waals surface area contributed by atoms with E-state index in [1.165, 1.54) is 10.5 Å². The van der Waals surface area contributed by atoms with E-state index in [1.54, 1.807) is 18.0 Å². The van der Waals surface area contributed by atoms with E-state index in [0.717, 1.165) is 15.1 Å². The maximum absolute atomic E-state index is 5.78. The van der Waals surface area contributed by atoms with Crippen LogP contribution in [-0.2, 0) is 6.54 Å². The van der Waals surface area contributed by atoms with Gasteiger partial charge in [-0.25, -0.2) is 4.98 Å². The Hall–Kier alpha value is -0.840. The first kappa shape index (κ1) is 12.6. The van der Waals surface area contributed by atoms with E-state index < -0.39 is 0 Å². The van der Waals surface area contributed by atoms with E-state index in [1.807, 2.05) is 12.1 Å². The predicted molar refractivity (Wildman–Crippen MR) is 74.0 cm³/mol. The normalized spacial score (nSPS) is 10.5. The summed E-state index contributed by atoms with van der Waals surface area (Å²) in [7, 11) is 0. The van der Waals surface area contributed by atoms with Gasteiger partial charge in [0.15, 0.2) is 0 Å². The fourth-order valence-electron chi connectivity index (χ4n) is 1.56. The molecule has 17 heavy (non-hydrogen) atoms. The van der Waals surface area contributed by atoms with Gasteiger partial charge in [-0.05, 0) is 36.2 Å². The third-order valence-electron chi connectivity index (χ3n) is 2.32. The lowest BCUT2D eigenvalue weighted by Gasteiger charge is -2.11. The number of rotatable bonds is 3. The standard InChI is InChI=1S/C13H12BrN2S/c1-9-6-11(14)7-10(8-15)13(9)17-12-4-2-3-5-16-12/h2-3,5-7H,8,15H2,1H3. The van der Waals surface area contributed by atoms with Crippen LogP contribution >= 0.6 is 27.7 Å². The van der Waals surface area contributed by atoms with Crippen molar-refractivity contribution in [1.29, 1.82) is 0 Å². The van der Waals surface area contributed by atoms with Crippen LogP contribution < -0.4 is 5.73 Å². The molecule has 0 saturated carbocycles. The fraction of sp³-hybridized carbons (Fsp3) is 0.154. The number of aromatic nitrogens is 1. The molecule has 87 valence electrons. The molecule has 0 atom stereocenters. The molecule has 2 aromatic rings. The highest BCUT2D eigenvalue weighted by Crippen LogP contribution is 2.33. The molecule has 0 unspecified atom stereocenters. The second kappa shape index (κ2) is 5.67. The minimum atomic E-state index is 0.523. The molecular weight excluding hydrogens is 296 g/mol. The Morgan fingerprint density at radius 1 is 1.47 bits per heavy atom. The molecule has 0 aliphatic rings. The van der Waals surface area contributed by atoms with E-state index in [0.29, 0.717) is 6.54 Å². The Kier molecular flexibility index (Phi) is 4.20. The van der Waals surface area contributed by atoms with Crippen molar-refractivity contribution in [2.24, 2.45) is 5.73 Å². The molecule has 2 N–H and O–H groups in total. The molecule has 0 aliphatic heterocycles. The van der Waals surface area contributed by atoms with Crippen LogP contribution in [-0.4, -0.2) is 4.98 Å². The molecular formula is C13H12BrN2S. The van der Waals surface area contributed by atoms with Gasteiger partial charge < -0.3 is 5.73 Å². The summed E-state index contributed by atoms with van der Waals surface area (Å²) in [6.45, 7) is 2.60. The Bertz CT molecular complexity index is 514. The quantitative estimate of drug-likeness (QED) is 0.942. The summed E-state index contributed by atoms with van der Waals surface area (Å²) in [6.07, 6.45) is 1.77. The maximum atomic E-state index is 5.78. The molecule has 4 heteroatoms. The molecule has 1 radical (unpaired) electrons. The van der Waals surface area contributed by atoms with E-state index in [2.05, 4.69) is 46.0 Å². The van der Waals surface area contributed by atoms with E-state index >= 15 is 0 Å². The summed E-state index contributed by atoms with van der Waals surface area (Å²) in [6, 6.07) is 11.0. The van der Waals surface area contributed by atoms with Gasteiger partial charge in [0.25, 0.3) is 0 Å². The fourth-order valence-corrected chi connectivity index (χ4v) is 3.11. The van der Waals surface area contributed by atoms with Crippen LogP contribution in [0.15, 0.2) is 44.9 Å². The van der Waals surface area contributed by atoms with Crippen molar-refractivity contribution >= 4 is 27.7 Å². The zero-order chi connectivity index (χ0) is 12.3. The summed E-state index contributed by atoms with van der Waals surface area (Å²) in [4.78, 5) is 5.44. The predicted octanol–water partition coefficient (Wildman–Crippen LogP) is 3.56. The second-order valence-electron chi connectivity index (χ2n) is 3.60. The lowest BCUT2D eigenvalue weighted by Crippen LogP contribution is -2.00. The third-order valence-corrected chi connectivity index (χ3v) is 3.98. The van der Waals surface area contributed by atoms with Crippen LogP contribution in [0.1, 0.15) is 11.1 Å². The molecule has 2 rings (SSSR count). The molecule has 0 fully saturated rings. The molecule has 1 heterocycles. The molecule has 0 spiro atoms. The molecule has 0 aliphatic carbocycles. The van der Waals surface area contributed by atoms with Crippen LogP contribution in [0, 0.1) is 13.0 Å². The largest absolute Gasteiger partial charge is 0.326 e. The average molecular weight is 308 g/mol. The van der Waals surface area contributed by atoms with Crippen LogP contribution in [0.4, 0.5) is 0 Å². The van der Waals surface area contributed by atoms with Gasteiger partial charge in [-0.3, -0.25) is 0 Å². The van der Waals surface area contributed by atoms with Gasteiger partial charge in [0, 0.05) is 28.2 Å². The van der Waals surface area contributed by atoms with Gasteiger partial charge in [0.05, 0.1) is 0 Å². The molecule has 0 amide bonds. The topological polar surface area (TPSA) is 38.9 Å². The van der Waals surface area contributed by atoms with Gasteiger partial charge in [-0.15, -0.1) is 0 Å². The molecule has 0 saturated heterocycles. The monoisotopic (exact) mass is 307 g/mol. The Morgan fingerprint density at radius 3 is 2.94 bits per heavy atom. The highest BCUT2D eigenvalue weighted by molar-refractivity contribution is 9.10. The lowest BCUT2D eigenvalue weighted by molar-refractivity contribution is 1.00. The number of halogens is 1. The van der Waals surface area contributed by atoms with Crippen LogP contribution in [0.3, 0.4) is 0 Å². The Morgan fingerprint density at radius 2 is 2.29 bits per heavy atom. The highest BCUT2D eigenvalue weighted by atomic mass is 79.9. The van der Waals surface area contributed by atoms with Crippen molar-refractivity contribution in [1.82, 2.24) is 4.98 Å². The minimum absolute atomic E-state index is 0.523. The van der Waals surface area contributed by atoms with Crippen molar-refractivity contribution in [3.8, 4) is 0 Å². The maximum Gasteiger partial charge on any atom is 0.109 e. The van der Waals surface area contributed by atoms with Gasteiger partial charge >= 0.3 is 0 Å². The Labute approximate surface area is 114 Å². The summed E-state index contributed by atoms with van der Waals surface area (Å²) >= 11 is 5.09. The zero-order valence-corrected chi connectivity index (χ0v) is 11.8. The minimum Gasteiger partial charge on any atom is -0.326 e. The number of hydrogen-bond donors (Lipinski definition) is 1. The first-order valence-corrected chi connectivity index (χ1v) is 6.81. The Balaban J connectivity index is 2.38. The zero-order valence-electron chi connectivity index (χ0n) is 9.40. The third kappa shape index (κ3) is 3.09. The number of pyridine rings is 1. The summed E-state index contributed by atoms with van der Waals surface area (Å²) < 4.78 is 1.06. The van der Waals surface area contributed by atoms with Crippen LogP contribution in [0.5, 0.6) is 0 Å². The molecule has 1 aromatic carbocycles. The van der Waals surface area contributed by atoms with Gasteiger partial charge in [-0.2, -0.15) is 0 Å². The number of nitrogens with two attached hydrogens (primary N) is 1. The first-order valence-electron chi connectivity index (χ1n) is 5.20. The van der Waals surface area contributed by atoms with Gasteiger partial charge in [0.2, 0.25) is 0 Å². The number of hydrogen-bond acceptors (Lipinski definition) is 3. The number of aryl methyl sites for hydroxylation is 1. The number of benzene rings is 1. The summed E-state index contributed by atoms with van der Waals surface area (Å²) in [5.74, 6) is 0. The van der Waals surface area contributed by atoms with Crippen LogP contribution in [0.2, 0.25) is 0 Å². The molecule has 2 nitrogen and oxygen atoms in total. The van der Waals surface area contributed by atoms with E-state index in [4.69, 9.17) is 5.73 Å². The summed E-state index contributed by atoms with van der Waals surface area (Å²) in [5.41, 5.74) is 8.10. The SMILES string of the molecule is Cc1cc(Br)cc(CN)c1Sc1[c]cccn1. The van der Waals surface area contributed by atoms with E-state index in [-0.39, 0.29) is 0 Å². The van der Waals surface area contributed by atoms with E-state index in [9.17, 15) is 0 Å². The van der Waals surface area contributed by atoms with Crippen molar-refractivity contribution in [3.63, 3.8) is 0 Å². The van der Waals surface area contributed by atoms with Crippen molar-refractivity contribution in [2.45, 2.75) is 23.4 Å². The lowest BCUT2D eigenvalue weighted by atomic mass is 10.1. The second-order valence-corrected chi connectivity index (χ2v) is 5.52. The molecule has 0 bridgehead atoms. The summed E-state index contributed by atoms with van der Waals surface area (Å²) in [5, 5.41) is 0.868. The van der Waals surface area contributed by atoms with Gasteiger partial charge in [-0.1, -0.05) is 33.8 Å². The molecule has 1 aromatic heterocycles. The highest BCUT2D eigenvalue weighted by Gasteiger charge is 2.09. The van der Waals surface area contributed by atoms with Gasteiger partial charge in [0.1, 0.15) is 5.03 Å². The smallest absolute Gasteiger partial charge is 0.109 e.